The van der Waals surface area contributed by atoms with Crippen LogP contribution in [0.15, 0.2) is 24.3 Å². The second-order valence-corrected chi connectivity index (χ2v) is 4.25. The fraction of sp³-hybridized carbons (Fsp3) is 0.462. The van der Waals surface area contributed by atoms with Crippen LogP contribution in [0.3, 0.4) is 0 Å². The van der Waals surface area contributed by atoms with Gasteiger partial charge in [-0.25, -0.2) is 4.39 Å². The van der Waals surface area contributed by atoms with E-state index in [4.69, 9.17) is 0 Å². The fourth-order valence-electron chi connectivity index (χ4n) is 2.01. The summed E-state index contributed by atoms with van der Waals surface area (Å²) >= 11 is 0. The second kappa shape index (κ2) is 5.77. The first-order valence-electron chi connectivity index (χ1n) is 5.99. The number of nitrogens with one attached hydrogen (secondary N) is 1. The number of carbonyl (C=O) groups is 1. The summed E-state index contributed by atoms with van der Waals surface area (Å²) in [5.41, 5.74) is 0.481. The van der Waals surface area contributed by atoms with E-state index in [0.717, 1.165) is 26.1 Å². The lowest BCUT2D eigenvalue weighted by molar-refractivity contribution is -0.130. The number of rotatable bonds is 2. The van der Waals surface area contributed by atoms with Gasteiger partial charge in [0.15, 0.2) is 0 Å². The first kappa shape index (κ1) is 12.0. The van der Waals surface area contributed by atoms with E-state index in [1.165, 1.54) is 6.07 Å². The van der Waals surface area contributed by atoms with Gasteiger partial charge in [-0.15, -0.1) is 0 Å². The van der Waals surface area contributed by atoms with Crippen LogP contribution in [-0.2, 0) is 11.2 Å². The van der Waals surface area contributed by atoms with Crippen molar-refractivity contribution in [3.8, 4) is 0 Å². The molecule has 2 rings (SSSR count). The minimum Gasteiger partial charge on any atom is -0.341 e. The van der Waals surface area contributed by atoms with Gasteiger partial charge in [0.2, 0.25) is 5.91 Å². The number of carbonyl (C=O) groups excluding carboxylic acids is 1. The topological polar surface area (TPSA) is 32.3 Å². The van der Waals surface area contributed by atoms with Gasteiger partial charge < -0.3 is 10.2 Å². The molecular weight excluding hydrogens is 219 g/mol. The predicted molar refractivity (Wildman–Crippen MR) is 64.2 cm³/mol. The minimum absolute atomic E-state index is 0.0128. The molecule has 0 unspecified atom stereocenters. The van der Waals surface area contributed by atoms with Crippen molar-refractivity contribution in [3.05, 3.63) is 35.6 Å². The maximum absolute atomic E-state index is 13.4. The van der Waals surface area contributed by atoms with Gasteiger partial charge in [-0.3, -0.25) is 4.79 Å². The highest BCUT2D eigenvalue weighted by Crippen LogP contribution is 2.09. The van der Waals surface area contributed by atoms with Gasteiger partial charge >= 0.3 is 0 Å². The molecule has 0 atom stereocenters. The number of benzene rings is 1. The van der Waals surface area contributed by atoms with Crippen molar-refractivity contribution in [2.75, 3.05) is 26.2 Å². The van der Waals surface area contributed by atoms with Crippen LogP contribution in [0.2, 0.25) is 0 Å². The van der Waals surface area contributed by atoms with Crippen molar-refractivity contribution in [3.63, 3.8) is 0 Å². The number of amides is 1. The third-order valence-electron chi connectivity index (χ3n) is 2.99. The largest absolute Gasteiger partial charge is 0.341 e. The molecular formula is C13H17FN2O. The first-order valence-corrected chi connectivity index (χ1v) is 5.99. The van der Waals surface area contributed by atoms with Gasteiger partial charge in [0.1, 0.15) is 5.82 Å². The average Bonchev–Trinajstić information content (AvgIpc) is 2.61. The van der Waals surface area contributed by atoms with Crippen molar-refractivity contribution < 1.29 is 9.18 Å². The molecule has 92 valence electrons. The molecule has 0 aliphatic carbocycles. The Balaban J connectivity index is 1.98. The normalized spacial score (nSPS) is 16.6. The van der Waals surface area contributed by atoms with Gasteiger partial charge in [-0.1, -0.05) is 18.2 Å². The molecule has 0 radical (unpaired) electrons. The van der Waals surface area contributed by atoms with Crippen LogP contribution in [-0.4, -0.2) is 37.0 Å². The monoisotopic (exact) mass is 236 g/mol. The third-order valence-corrected chi connectivity index (χ3v) is 2.99. The molecule has 1 fully saturated rings. The van der Waals surface area contributed by atoms with Crippen LogP contribution in [0.25, 0.3) is 0 Å². The fourth-order valence-corrected chi connectivity index (χ4v) is 2.01. The molecule has 1 aliphatic rings. The Morgan fingerprint density at radius 1 is 1.29 bits per heavy atom. The quantitative estimate of drug-likeness (QED) is 0.836. The highest BCUT2D eigenvalue weighted by molar-refractivity contribution is 5.78. The van der Waals surface area contributed by atoms with E-state index in [1.807, 2.05) is 4.90 Å². The molecule has 1 aliphatic heterocycles. The first-order chi connectivity index (χ1) is 8.27. The lowest BCUT2D eigenvalue weighted by Crippen LogP contribution is -2.35. The van der Waals surface area contributed by atoms with Gasteiger partial charge in [-0.05, 0) is 24.6 Å². The van der Waals surface area contributed by atoms with Crippen LogP contribution in [0.4, 0.5) is 4.39 Å². The van der Waals surface area contributed by atoms with Crippen molar-refractivity contribution in [2.24, 2.45) is 0 Å². The van der Waals surface area contributed by atoms with E-state index in [0.29, 0.717) is 12.1 Å². The molecule has 0 bridgehead atoms. The minimum atomic E-state index is -0.297. The van der Waals surface area contributed by atoms with E-state index >= 15 is 0 Å². The highest BCUT2D eigenvalue weighted by atomic mass is 19.1. The zero-order valence-electron chi connectivity index (χ0n) is 9.79. The van der Waals surface area contributed by atoms with Crippen LogP contribution >= 0.6 is 0 Å². The van der Waals surface area contributed by atoms with Gasteiger partial charge in [0.05, 0.1) is 6.42 Å². The van der Waals surface area contributed by atoms with E-state index in [-0.39, 0.29) is 18.1 Å². The maximum atomic E-state index is 13.4. The van der Waals surface area contributed by atoms with Crippen LogP contribution in [0.1, 0.15) is 12.0 Å². The smallest absolute Gasteiger partial charge is 0.227 e. The Morgan fingerprint density at radius 2 is 2.12 bits per heavy atom. The summed E-state index contributed by atoms with van der Waals surface area (Å²) in [5, 5.41) is 3.24. The summed E-state index contributed by atoms with van der Waals surface area (Å²) < 4.78 is 13.4. The Hall–Kier alpha value is -1.42. The zero-order chi connectivity index (χ0) is 12.1. The van der Waals surface area contributed by atoms with Gasteiger partial charge in [0, 0.05) is 19.6 Å². The molecule has 0 saturated carbocycles. The van der Waals surface area contributed by atoms with Crippen molar-refractivity contribution in [1.29, 1.82) is 0 Å². The van der Waals surface area contributed by atoms with Gasteiger partial charge in [0.25, 0.3) is 0 Å². The Kier molecular flexibility index (Phi) is 4.09. The molecule has 1 aromatic carbocycles. The molecule has 0 spiro atoms. The summed E-state index contributed by atoms with van der Waals surface area (Å²) in [6.07, 6.45) is 1.12. The zero-order valence-corrected chi connectivity index (χ0v) is 9.79. The van der Waals surface area contributed by atoms with E-state index in [1.54, 1.807) is 18.2 Å². The summed E-state index contributed by atoms with van der Waals surface area (Å²) in [5.74, 6) is -0.285. The van der Waals surface area contributed by atoms with Crippen molar-refractivity contribution in [2.45, 2.75) is 12.8 Å². The number of halogens is 1. The molecule has 1 saturated heterocycles. The van der Waals surface area contributed by atoms with Crippen LogP contribution in [0.5, 0.6) is 0 Å². The SMILES string of the molecule is O=C(Cc1ccccc1F)N1CCCNCC1. The number of hydrogen-bond donors (Lipinski definition) is 1. The van der Waals surface area contributed by atoms with Crippen molar-refractivity contribution in [1.82, 2.24) is 10.2 Å². The van der Waals surface area contributed by atoms with E-state index in [2.05, 4.69) is 5.32 Å². The molecule has 1 heterocycles. The number of nitrogens with zero attached hydrogens (tertiary/aromatic N) is 1. The molecule has 3 nitrogen and oxygen atoms in total. The molecule has 1 aromatic rings. The molecule has 1 N–H and O–H groups in total. The third kappa shape index (κ3) is 3.27. The van der Waals surface area contributed by atoms with Crippen LogP contribution < -0.4 is 5.32 Å². The molecule has 1 amide bonds. The Labute approximate surface area is 101 Å². The van der Waals surface area contributed by atoms with E-state index in [9.17, 15) is 9.18 Å². The summed E-state index contributed by atoms with van der Waals surface area (Å²) in [6.45, 7) is 3.25. The van der Waals surface area contributed by atoms with Crippen molar-refractivity contribution >= 4 is 5.91 Å². The lowest BCUT2D eigenvalue weighted by Gasteiger charge is -2.20. The van der Waals surface area contributed by atoms with Gasteiger partial charge in [-0.2, -0.15) is 0 Å². The summed E-state index contributed by atoms with van der Waals surface area (Å²) in [7, 11) is 0. The average molecular weight is 236 g/mol. The summed E-state index contributed by atoms with van der Waals surface area (Å²) in [4.78, 5) is 13.8. The second-order valence-electron chi connectivity index (χ2n) is 4.25. The maximum Gasteiger partial charge on any atom is 0.227 e. The predicted octanol–water partition coefficient (Wildman–Crippen LogP) is 1.19. The standard InChI is InChI=1S/C13H17FN2O/c14-12-5-2-1-4-11(12)10-13(17)16-8-3-6-15-7-9-16/h1-2,4-5,15H,3,6-10H2. The van der Waals surface area contributed by atoms with E-state index < -0.39 is 0 Å². The lowest BCUT2D eigenvalue weighted by atomic mass is 10.1. The Morgan fingerprint density at radius 3 is 2.94 bits per heavy atom. The highest BCUT2D eigenvalue weighted by Gasteiger charge is 2.16. The van der Waals surface area contributed by atoms with Crippen LogP contribution in [0, 0.1) is 5.82 Å². The molecule has 4 heteroatoms. The molecule has 0 aromatic heterocycles. The Bertz CT molecular complexity index is 387. The summed E-state index contributed by atoms with van der Waals surface area (Å²) in [6, 6.07) is 6.46. The molecule has 17 heavy (non-hydrogen) atoms. The number of hydrogen-bond acceptors (Lipinski definition) is 2.